The zero-order valence-corrected chi connectivity index (χ0v) is 11.8. The Morgan fingerprint density at radius 3 is 2.59 bits per heavy atom. The highest BCUT2D eigenvalue weighted by atomic mass is 32.2. The van der Waals surface area contributed by atoms with E-state index in [-0.39, 0.29) is 5.60 Å². The van der Waals surface area contributed by atoms with Crippen LogP contribution in [-0.2, 0) is 4.74 Å². The molecule has 17 heavy (non-hydrogen) atoms. The summed E-state index contributed by atoms with van der Waals surface area (Å²) < 4.78 is 5.62. The van der Waals surface area contributed by atoms with Crippen LogP contribution in [0.5, 0.6) is 0 Å². The van der Waals surface area contributed by atoms with Crippen LogP contribution in [0.1, 0.15) is 20.8 Å². The van der Waals surface area contributed by atoms with Gasteiger partial charge in [-0.25, -0.2) is 0 Å². The predicted molar refractivity (Wildman–Crippen MR) is 75.7 cm³/mol. The molecular formula is C14H23NOS. The lowest BCUT2D eigenvalue weighted by Crippen LogP contribution is -2.38. The van der Waals surface area contributed by atoms with Crippen LogP contribution < -0.4 is 5.32 Å². The molecule has 0 heterocycles. The van der Waals surface area contributed by atoms with Crippen LogP contribution in [0.4, 0.5) is 0 Å². The zero-order chi connectivity index (χ0) is 12.6. The monoisotopic (exact) mass is 253 g/mol. The van der Waals surface area contributed by atoms with Crippen molar-refractivity contribution in [3.8, 4) is 0 Å². The Morgan fingerprint density at radius 1 is 1.24 bits per heavy atom. The van der Waals surface area contributed by atoms with Gasteiger partial charge in [0.15, 0.2) is 0 Å². The summed E-state index contributed by atoms with van der Waals surface area (Å²) in [6.45, 7) is 8.95. The zero-order valence-electron chi connectivity index (χ0n) is 11.0. The van der Waals surface area contributed by atoms with Crippen LogP contribution in [0.15, 0.2) is 35.2 Å². The third kappa shape index (κ3) is 6.71. The maximum Gasteiger partial charge on any atom is 0.0750 e. The van der Waals surface area contributed by atoms with Crippen molar-refractivity contribution in [1.82, 2.24) is 5.32 Å². The first-order chi connectivity index (χ1) is 8.14. The fourth-order valence-corrected chi connectivity index (χ4v) is 2.42. The molecule has 96 valence electrons. The predicted octanol–water partition coefficient (Wildman–Crippen LogP) is 3.18. The second-order valence-corrected chi connectivity index (χ2v) is 5.70. The summed E-state index contributed by atoms with van der Waals surface area (Å²) in [4.78, 5) is 1.33. The number of hydrogen-bond donors (Lipinski definition) is 1. The molecule has 1 N–H and O–H groups in total. The van der Waals surface area contributed by atoms with E-state index in [1.165, 1.54) is 4.90 Å². The molecule has 0 bridgehead atoms. The third-order valence-electron chi connectivity index (χ3n) is 2.38. The van der Waals surface area contributed by atoms with Gasteiger partial charge in [-0.15, -0.1) is 11.8 Å². The van der Waals surface area contributed by atoms with Crippen molar-refractivity contribution >= 4 is 11.8 Å². The molecule has 0 aromatic heterocycles. The Bertz CT molecular complexity index is 300. The number of nitrogens with one attached hydrogen (secondary N) is 1. The van der Waals surface area contributed by atoms with Crippen LogP contribution in [0.25, 0.3) is 0 Å². The number of thioether (sulfide) groups is 1. The molecule has 0 unspecified atom stereocenters. The smallest absolute Gasteiger partial charge is 0.0750 e. The molecule has 2 nitrogen and oxygen atoms in total. The van der Waals surface area contributed by atoms with E-state index in [1.54, 1.807) is 0 Å². The molecule has 0 radical (unpaired) electrons. The summed E-state index contributed by atoms with van der Waals surface area (Å²) in [6, 6.07) is 10.5. The third-order valence-corrected chi connectivity index (χ3v) is 3.39. The molecule has 0 aliphatic rings. The summed E-state index contributed by atoms with van der Waals surface area (Å²) in [7, 11) is 0. The molecule has 0 atom stereocenters. The van der Waals surface area contributed by atoms with Crippen LogP contribution >= 0.6 is 11.8 Å². The largest absolute Gasteiger partial charge is 0.375 e. The van der Waals surface area contributed by atoms with Crippen molar-refractivity contribution in [2.24, 2.45) is 0 Å². The first-order valence-corrected chi connectivity index (χ1v) is 7.15. The topological polar surface area (TPSA) is 21.3 Å². The van der Waals surface area contributed by atoms with Gasteiger partial charge >= 0.3 is 0 Å². The summed E-state index contributed by atoms with van der Waals surface area (Å²) >= 11 is 1.88. The van der Waals surface area contributed by atoms with Gasteiger partial charge < -0.3 is 10.1 Å². The van der Waals surface area contributed by atoms with Crippen molar-refractivity contribution < 1.29 is 4.74 Å². The van der Waals surface area contributed by atoms with E-state index >= 15 is 0 Å². The lowest BCUT2D eigenvalue weighted by molar-refractivity contribution is -0.00834. The minimum Gasteiger partial charge on any atom is -0.375 e. The van der Waals surface area contributed by atoms with Gasteiger partial charge in [-0.05, 0) is 32.9 Å². The Labute approximate surface area is 109 Å². The summed E-state index contributed by atoms with van der Waals surface area (Å²) in [5, 5.41) is 3.43. The quantitative estimate of drug-likeness (QED) is 0.568. The lowest BCUT2D eigenvalue weighted by atomic mass is 10.1. The second-order valence-electron chi connectivity index (χ2n) is 4.53. The fourth-order valence-electron chi connectivity index (χ4n) is 1.59. The van der Waals surface area contributed by atoms with Crippen LogP contribution in [0, 0.1) is 0 Å². The molecule has 0 fully saturated rings. The Balaban J connectivity index is 2.09. The van der Waals surface area contributed by atoms with Crippen molar-refractivity contribution in [3.63, 3.8) is 0 Å². The van der Waals surface area contributed by atoms with Gasteiger partial charge in [0.25, 0.3) is 0 Å². The summed E-state index contributed by atoms with van der Waals surface area (Å²) in [5.74, 6) is 1.09. The van der Waals surface area contributed by atoms with E-state index in [2.05, 4.69) is 43.4 Å². The number of ether oxygens (including phenoxy) is 1. The number of benzene rings is 1. The average molecular weight is 253 g/mol. The highest BCUT2D eigenvalue weighted by Crippen LogP contribution is 2.15. The Morgan fingerprint density at radius 2 is 1.94 bits per heavy atom. The van der Waals surface area contributed by atoms with Gasteiger partial charge in [0.1, 0.15) is 0 Å². The van der Waals surface area contributed by atoms with E-state index < -0.39 is 0 Å². The molecule has 1 aromatic carbocycles. The Hall–Kier alpha value is -0.510. The molecule has 0 aliphatic heterocycles. The molecule has 0 saturated heterocycles. The van der Waals surface area contributed by atoms with E-state index in [0.29, 0.717) is 0 Å². The maximum absolute atomic E-state index is 5.62. The van der Waals surface area contributed by atoms with Gasteiger partial charge in [0, 0.05) is 30.3 Å². The van der Waals surface area contributed by atoms with E-state index in [1.807, 2.05) is 24.8 Å². The van der Waals surface area contributed by atoms with Gasteiger partial charge in [0.2, 0.25) is 0 Å². The lowest BCUT2D eigenvalue weighted by Gasteiger charge is -2.24. The van der Waals surface area contributed by atoms with E-state index in [9.17, 15) is 0 Å². The SMILES string of the molecule is CCOC(C)(C)CNCCSc1ccccc1. The van der Waals surface area contributed by atoms with Crippen molar-refractivity contribution in [1.29, 1.82) is 0 Å². The molecular weight excluding hydrogens is 230 g/mol. The minimum atomic E-state index is -0.0633. The molecule has 0 spiro atoms. The number of hydrogen-bond acceptors (Lipinski definition) is 3. The van der Waals surface area contributed by atoms with Crippen molar-refractivity contribution in [2.45, 2.75) is 31.3 Å². The van der Waals surface area contributed by atoms with Crippen LogP contribution in [0.2, 0.25) is 0 Å². The first-order valence-electron chi connectivity index (χ1n) is 6.16. The molecule has 1 aromatic rings. The van der Waals surface area contributed by atoms with Gasteiger partial charge in [-0.3, -0.25) is 0 Å². The van der Waals surface area contributed by atoms with Crippen LogP contribution in [-0.4, -0.2) is 31.1 Å². The minimum absolute atomic E-state index is 0.0633. The van der Waals surface area contributed by atoms with Crippen LogP contribution in [0.3, 0.4) is 0 Å². The van der Waals surface area contributed by atoms with Gasteiger partial charge in [-0.1, -0.05) is 18.2 Å². The molecule has 3 heteroatoms. The highest BCUT2D eigenvalue weighted by Gasteiger charge is 2.16. The van der Waals surface area contributed by atoms with Crippen molar-refractivity contribution in [2.75, 3.05) is 25.4 Å². The summed E-state index contributed by atoms with van der Waals surface area (Å²) in [5.41, 5.74) is -0.0633. The van der Waals surface area contributed by atoms with Gasteiger partial charge in [-0.2, -0.15) is 0 Å². The summed E-state index contributed by atoms with van der Waals surface area (Å²) in [6.07, 6.45) is 0. The van der Waals surface area contributed by atoms with Crippen molar-refractivity contribution in [3.05, 3.63) is 30.3 Å². The first kappa shape index (κ1) is 14.6. The molecule has 1 rings (SSSR count). The number of rotatable bonds is 8. The van der Waals surface area contributed by atoms with E-state index in [0.717, 1.165) is 25.4 Å². The standard InChI is InChI=1S/C14H23NOS/c1-4-16-14(2,3)12-15-10-11-17-13-8-6-5-7-9-13/h5-9,15H,4,10-12H2,1-3H3. The molecule has 0 saturated carbocycles. The second kappa shape index (κ2) is 7.75. The van der Waals surface area contributed by atoms with E-state index in [4.69, 9.17) is 4.74 Å². The molecule has 0 aliphatic carbocycles. The Kier molecular flexibility index (Phi) is 6.63. The molecule has 0 amide bonds. The normalized spacial score (nSPS) is 11.7. The van der Waals surface area contributed by atoms with Gasteiger partial charge in [0.05, 0.1) is 5.60 Å². The maximum atomic E-state index is 5.62. The fraction of sp³-hybridized carbons (Fsp3) is 0.571. The highest BCUT2D eigenvalue weighted by molar-refractivity contribution is 7.99. The average Bonchev–Trinajstić information content (AvgIpc) is 2.30.